The summed E-state index contributed by atoms with van der Waals surface area (Å²) in [6.45, 7) is 5.01. The van der Waals surface area contributed by atoms with Crippen LogP contribution < -0.4 is 10.6 Å². The molecule has 432 valence electrons. The Morgan fingerprint density at radius 3 is 1.05 bits per heavy atom. The Kier molecular flexibility index (Phi) is 16.8. The van der Waals surface area contributed by atoms with Gasteiger partial charge in [0.2, 0.25) is 11.8 Å². The molecule has 2 spiro atoms. The molecular weight excluding hydrogens is 1070 g/mol. The van der Waals surface area contributed by atoms with Crippen LogP contribution in [0.1, 0.15) is 118 Å². The molecule has 6 heterocycles. The Labute approximate surface area is 455 Å². The van der Waals surface area contributed by atoms with Crippen molar-refractivity contribution < 1.29 is 71.9 Å². The molecule has 0 radical (unpaired) electrons. The molecule has 6 fully saturated rings. The Hall–Kier alpha value is -6.16. The van der Waals surface area contributed by atoms with Crippen molar-refractivity contribution in [3.63, 3.8) is 0 Å². The molecule has 4 unspecified atom stereocenters. The second kappa shape index (κ2) is 23.0. The van der Waals surface area contributed by atoms with Crippen LogP contribution in [0.3, 0.4) is 0 Å². The van der Waals surface area contributed by atoms with Gasteiger partial charge in [0, 0.05) is 74.3 Å². The number of rotatable bonds is 8. The molecule has 4 aromatic carbocycles. The first-order chi connectivity index (χ1) is 37.7. The van der Waals surface area contributed by atoms with E-state index < -0.39 is 82.0 Å². The van der Waals surface area contributed by atoms with Crippen LogP contribution in [0, 0.1) is 10.8 Å². The van der Waals surface area contributed by atoms with Crippen LogP contribution in [-0.4, -0.2) is 120 Å². The first-order valence-corrected chi connectivity index (χ1v) is 27.0. The fourth-order valence-electron chi connectivity index (χ4n) is 12.8. The van der Waals surface area contributed by atoms with Crippen molar-refractivity contribution in [2.75, 3.05) is 52.4 Å². The van der Waals surface area contributed by atoms with Crippen LogP contribution in [0.2, 0.25) is 0 Å². The summed E-state index contributed by atoms with van der Waals surface area (Å²) < 4.78 is 162. The highest BCUT2D eigenvalue weighted by Gasteiger charge is 2.47. The number of halogens is 12. The summed E-state index contributed by atoms with van der Waals surface area (Å²) in [6, 6.07) is 20.3. The molecule has 10 rings (SSSR count). The summed E-state index contributed by atoms with van der Waals surface area (Å²) in [5.74, 6) is -1.51. The quantitative estimate of drug-likeness (QED) is 0.170. The highest BCUT2D eigenvalue weighted by Crippen LogP contribution is 2.43. The number of benzene rings is 4. The molecule has 6 aliphatic heterocycles. The van der Waals surface area contributed by atoms with Crippen molar-refractivity contribution in [3.05, 3.63) is 142 Å². The zero-order valence-electron chi connectivity index (χ0n) is 43.6. The zero-order chi connectivity index (χ0) is 57.4. The van der Waals surface area contributed by atoms with Crippen LogP contribution >= 0.6 is 0 Å². The number of nitrogens with one attached hydrogen (secondary N) is 2. The Bertz CT molecular complexity index is 2610. The number of carbonyl (C=O) groups excluding carboxylic acids is 4. The highest BCUT2D eigenvalue weighted by molar-refractivity contribution is 5.96. The number of alkyl halides is 12. The number of carbonyl (C=O) groups is 4. The molecule has 6 aliphatic rings. The van der Waals surface area contributed by atoms with E-state index in [0.717, 1.165) is 63.0 Å². The molecule has 10 nitrogen and oxygen atoms in total. The summed E-state index contributed by atoms with van der Waals surface area (Å²) in [4.78, 5) is 58.4. The fraction of sp³-hybridized carbons (Fsp3) is 0.517. The van der Waals surface area contributed by atoms with Crippen LogP contribution in [0.5, 0.6) is 0 Å². The minimum absolute atomic E-state index is 0.0205. The lowest BCUT2D eigenvalue weighted by molar-refractivity contribution is -0.144. The Morgan fingerprint density at radius 2 is 0.775 bits per heavy atom. The van der Waals surface area contributed by atoms with Gasteiger partial charge in [0.25, 0.3) is 11.8 Å². The molecule has 0 aliphatic carbocycles. The van der Waals surface area contributed by atoms with Crippen LogP contribution in [-0.2, 0) is 47.1 Å². The summed E-state index contributed by atoms with van der Waals surface area (Å²) in [5.41, 5.74) is -5.40. The summed E-state index contributed by atoms with van der Waals surface area (Å²) in [7, 11) is 0. The first-order valence-electron chi connectivity index (χ1n) is 27.0. The second-order valence-corrected chi connectivity index (χ2v) is 22.6. The maximum absolute atomic E-state index is 13.6. The number of nitrogens with zero attached hydrogens (tertiary/aromatic N) is 4. The van der Waals surface area contributed by atoms with Crippen molar-refractivity contribution in [2.45, 2.75) is 126 Å². The van der Waals surface area contributed by atoms with E-state index in [0.29, 0.717) is 88.7 Å². The van der Waals surface area contributed by atoms with Gasteiger partial charge in [-0.1, -0.05) is 60.7 Å². The number of likely N-dealkylation sites (tertiary alicyclic amines) is 4. The van der Waals surface area contributed by atoms with Crippen LogP contribution in [0.4, 0.5) is 52.7 Å². The average Bonchev–Trinajstić information content (AvgIpc) is 4.01. The van der Waals surface area contributed by atoms with Crippen molar-refractivity contribution in [1.82, 2.24) is 30.2 Å². The zero-order valence-corrected chi connectivity index (χ0v) is 43.6. The topological polar surface area (TPSA) is 105 Å². The van der Waals surface area contributed by atoms with Gasteiger partial charge in [0.05, 0.1) is 22.3 Å². The Balaban J connectivity index is 0.000000194. The monoisotopic (exact) mass is 1130 g/mol. The van der Waals surface area contributed by atoms with Gasteiger partial charge in [-0.3, -0.25) is 19.2 Å². The molecular formula is C58H62F12N6O4. The maximum atomic E-state index is 13.6. The fourth-order valence-corrected chi connectivity index (χ4v) is 12.8. The van der Waals surface area contributed by atoms with Gasteiger partial charge in [-0.05, 0) is 149 Å². The van der Waals surface area contributed by atoms with Gasteiger partial charge in [0.15, 0.2) is 0 Å². The largest absolute Gasteiger partial charge is 0.416 e. The lowest BCUT2D eigenvalue weighted by Gasteiger charge is -2.47. The molecule has 80 heavy (non-hydrogen) atoms. The average molecular weight is 1140 g/mol. The molecule has 4 aromatic rings. The van der Waals surface area contributed by atoms with Crippen molar-refractivity contribution in [1.29, 1.82) is 0 Å². The first kappa shape index (κ1) is 58.5. The third-order valence-electron chi connectivity index (χ3n) is 17.3. The molecule has 6 saturated heterocycles. The van der Waals surface area contributed by atoms with Gasteiger partial charge in [-0.15, -0.1) is 0 Å². The number of piperidine rings is 4. The minimum atomic E-state index is -5.03. The summed E-state index contributed by atoms with van der Waals surface area (Å²) in [5, 5.41) is 5.85. The summed E-state index contributed by atoms with van der Waals surface area (Å²) in [6.07, 6.45) is -12.5. The van der Waals surface area contributed by atoms with Crippen molar-refractivity contribution in [2.24, 2.45) is 10.8 Å². The highest BCUT2D eigenvalue weighted by atomic mass is 19.4. The lowest BCUT2D eigenvalue weighted by atomic mass is 9.77. The van der Waals surface area contributed by atoms with Gasteiger partial charge >= 0.3 is 24.7 Å². The van der Waals surface area contributed by atoms with E-state index in [-0.39, 0.29) is 60.0 Å². The number of hydrogen-bond acceptors (Lipinski definition) is 6. The van der Waals surface area contributed by atoms with E-state index in [1.54, 1.807) is 0 Å². The standard InChI is InChI=1S/2C29H31F6N3O2/c2*30-28(31,32)21-13-20(14-22(15-21)29(33,34)35)26(40)38-9-6-23(16-24(38)12-19-4-2-1-3-5-19)37-10-7-27(8-11-37)17-25(39)36-18-27/h2*1-5,13-15,23-24H,6-12,16-18H2,(H,36,39). The Morgan fingerprint density at radius 1 is 0.463 bits per heavy atom. The number of amides is 4. The predicted molar refractivity (Wildman–Crippen MR) is 271 cm³/mol. The van der Waals surface area contributed by atoms with E-state index in [9.17, 15) is 71.9 Å². The molecule has 0 aromatic heterocycles. The molecule has 0 saturated carbocycles. The molecule has 0 bridgehead atoms. The van der Waals surface area contributed by atoms with Gasteiger partial charge in [0.1, 0.15) is 0 Å². The molecule has 22 heteroatoms. The summed E-state index contributed by atoms with van der Waals surface area (Å²) >= 11 is 0. The third-order valence-corrected chi connectivity index (χ3v) is 17.3. The van der Waals surface area contributed by atoms with E-state index in [1.165, 1.54) is 9.80 Å². The van der Waals surface area contributed by atoms with E-state index in [4.69, 9.17) is 0 Å². The molecule has 4 atom stereocenters. The van der Waals surface area contributed by atoms with E-state index >= 15 is 0 Å². The predicted octanol–water partition coefficient (Wildman–Crippen LogP) is 11.1. The van der Waals surface area contributed by atoms with Crippen molar-refractivity contribution in [3.8, 4) is 0 Å². The normalized spacial score (nSPS) is 23.9. The number of hydrogen-bond donors (Lipinski definition) is 2. The lowest BCUT2D eigenvalue weighted by Crippen LogP contribution is -2.55. The van der Waals surface area contributed by atoms with E-state index in [1.807, 2.05) is 60.7 Å². The van der Waals surface area contributed by atoms with Crippen LogP contribution in [0.15, 0.2) is 97.1 Å². The van der Waals surface area contributed by atoms with Crippen molar-refractivity contribution >= 4 is 23.6 Å². The van der Waals surface area contributed by atoms with E-state index in [2.05, 4.69) is 20.4 Å². The van der Waals surface area contributed by atoms with Gasteiger partial charge < -0.3 is 30.2 Å². The smallest absolute Gasteiger partial charge is 0.356 e. The SMILES string of the molecule is O=C1CC2(CCN(C3CCN(C(=O)c4cc(C(F)(F)F)cc(C(F)(F)F)c4)C(Cc4ccccc4)C3)CC2)CN1.O=C1CC2(CCN(C3CCN(C(=O)c4cc(C(F)(F)F)cc(C(F)(F)F)c4)C(Cc4ccccc4)C3)CC2)CN1. The van der Waals surface area contributed by atoms with Crippen LogP contribution in [0.25, 0.3) is 0 Å². The molecule has 4 amide bonds. The maximum Gasteiger partial charge on any atom is 0.416 e. The third kappa shape index (κ3) is 13.8. The molecule has 2 N–H and O–H groups in total. The minimum Gasteiger partial charge on any atom is -0.356 e. The van der Waals surface area contributed by atoms with Gasteiger partial charge in [-0.25, -0.2) is 0 Å². The van der Waals surface area contributed by atoms with Gasteiger partial charge in [-0.2, -0.15) is 52.7 Å². The second-order valence-electron chi connectivity index (χ2n) is 22.6.